The van der Waals surface area contributed by atoms with E-state index in [0.29, 0.717) is 11.4 Å². The molecule has 1 saturated heterocycles. The number of nitrogens with one attached hydrogen (secondary N) is 1. The van der Waals surface area contributed by atoms with Gasteiger partial charge in [-0.1, -0.05) is 61.4 Å². The standard InChI is InChI=1S/C20H26N2O2S/c23-25(24,19-13-7-4-8-14-19)21-17-20(18-11-5-3-6-12-18)22-15-9-1-2-10-16-22/h3-8,11-14,20-21H,1-2,9-10,15-17H2. The van der Waals surface area contributed by atoms with Crippen molar-refractivity contribution in [1.29, 1.82) is 0 Å². The van der Waals surface area contributed by atoms with Crippen molar-refractivity contribution in [2.24, 2.45) is 0 Å². The van der Waals surface area contributed by atoms with Crippen LogP contribution in [0.4, 0.5) is 0 Å². The molecule has 1 N–H and O–H groups in total. The third-order valence-corrected chi connectivity index (χ3v) is 6.23. The zero-order valence-corrected chi connectivity index (χ0v) is 15.3. The third kappa shape index (κ3) is 4.91. The molecule has 1 aliphatic rings. The molecule has 0 aliphatic carbocycles. The fourth-order valence-corrected chi connectivity index (χ4v) is 4.47. The highest BCUT2D eigenvalue weighted by molar-refractivity contribution is 7.89. The highest BCUT2D eigenvalue weighted by Gasteiger charge is 2.24. The number of rotatable bonds is 6. The van der Waals surface area contributed by atoms with Crippen LogP contribution in [0.3, 0.4) is 0 Å². The van der Waals surface area contributed by atoms with Gasteiger partial charge < -0.3 is 0 Å². The quantitative estimate of drug-likeness (QED) is 0.859. The molecule has 1 fully saturated rings. The second-order valence-corrected chi connectivity index (χ2v) is 8.31. The lowest BCUT2D eigenvalue weighted by atomic mass is 10.1. The molecule has 2 aromatic rings. The number of likely N-dealkylation sites (tertiary alicyclic amines) is 1. The molecule has 1 aliphatic heterocycles. The van der Waals surface area contributed by atoms with E-state index in [4.69, 9.17) is 0 Å². The second-order valence-electron chi connectivity index (χ2n) is 6.54. The summed E-state index contributed by atoms with van der Waals surface area (Å²) in [6, 6.07) is 18.9. The average molecular weight is 359 g/mol. The van der Waals surface area contributed by atoms with Crippen molar-refractivity contribution >= 4 is 10.0 Å². The molecule has 3 rings (SSSR count). The Morgan fingerprint density at radius 3 is 2.00 bits per heavy atom. The van der Waals surface area contributed by atoms with Gasteiger partial charge in [0.15, 0.2) is 0 Å². The summed E-state index contributed by atoms with van der Waals surface area (Å²) in [5.41, 5.74) is 1.17. The van der Waals surface area contributed by atoms with E-state index in [1.54, 1.807) is 24.3 Å². The summed E-state index contributed by atoms with van der Waals surface area (Å²) in [6.45, 7) is 2.43. The number of hydrogen-bond donors (Lipinski definition) is 1. The van der Waals surface area contributed by atoms with Crippen LogP contribution in [0.25, 0.3) is 0 Å². The number of benzene rings is 2. The molecule has 0 amide bonds. The van der Waals surface area contributed by atoms with Crippen LogP contribution >= 0.6 is 0 Å². The van der Waals surface area contributed by atoms with Crippen LogP contribution in [0.5, 0.6) is 0 Å². The van der Waals surface area contributed by atoms with Gasteiger partial charge in [-0.3, -0.25) is 4.90 Å². The van der Waals surface area contributed by atoms with Crippen molar-refractivity contribution in [2.45, 2.75) is 36.6 Å². The largest absolute Gasteiger partial charge is 0.295 e. The molecule has 0 aromatic heterocycles. The Morgan fingerprint density at radius 2 is 1.40 bits per heavy atom. The highest BCUT2D eigenvalue weighted by Crippen LogP contribution is 2.24. The van der Waals surface area contributed by atoms with E-state index in [0.717, 1.165) is 13.1 Å². The van der Waals surface area contributed by atoms with Crippen LogP contribution in [0.2, 0.25) is 0 Å². The van der Waals surface area contributed by atoms with E-state index in [9.17, 15) is 8.42 Å². The third-order valence-electron chi connectivity index (χ3n) is 4.79. The summed E-state index contributed by atoms with van der Waals surface area (Å²) in [5.74, 6) is 0. The first kappa shape index (κ1) is 18.1. The number of nitrogens with zero attached hydrogens (tertiary/aromatic N) is 1. The van der Waals surface area contributed by atoms with E-state index in [2.05, 4.69) is 21.8 Å². The molecular formula is C20H26N2O2S. The summed E-state index contributed by atoms with van der Waals surface area (Å²) in [5, 5.41) is 0. The minimum absolute atomic E-state index is 0.0674. The Hall–Kier alpha value is -1.69. The van der Waals surface area contributed by atoms with Gasteiger partial charge in [0.1, 0.15) is 0 Å². The van der Waals surface area contributed by atoms with Gasteiger partial charge in [0.25, 0.3) is 0 Å². The van der Waals surface area contributed by atoms with Crippen LogP contribution < -0.4 is 4.72 Å². The molecule has 2 aromatic carbocycles. The van der Waals surface area contributed by atoms with Crippen molar-refractivity contribution in [1.82, 2.24) is 9.62 Å². The molecule has 0 radical (unpaired) electrons. The molecular weight excluding hydrogens is 332 g/mol. The monoisotopic (exact) mass is 358 g/mol. The van der Waals surface area contributed by atoms with E-state index in [-0.39, 0.29) is 6.04 Å². The van der Waals surface area contributed by atoms with Crippen LogP contribution in [-0.2, 0) is 10.0 Å². The normalized spacial score (nSPS) is 17.8. The first-order chi connectivity index (χ1) is 12.2. The predicted octanol–water partition coefficient (Wildman–Crippen LogP) is 3.58. The van der Waals surface area contributed by atoms with E-state index in [1.807, 2.05) is 24.3 Å². The zero-order valence-electron chi connectivity index (χ0n) is 14.5. The molecule has 1 heterocycles. The maximum absolute atomic E-state index is 12.6. The van der Waals surface area contributed by atoms with Crippen molar-refractivity contribution in [3.63, 3.8) is 0 Å². The molecule has 25 heavy (non-hydrogen) atoms. The van der Waals surface area contributed by atoms with Gasteiger partial charge in [-0.25, -0.2) is 13.1 Å². The van der Waals surface area contributed by atoms with Crippen molar-refractivity contribution in [2.75, 3.05) is 19.6 Å². The Labute approximate surface area is 150 Å². The Kier molecular flexibility index (Phi) is 6.24. The van der Waals surface area contributed by atoms with Crippen LogP contribution in [0, 0.1) is 0 Å². The molecule has 1 unspecified atom stereocenters. The first-order valence-corrected chi connectivity index (χ1v) is 10.5. The topological polar surface area (TPSA) is 49.4 Å². The molecule has 0 spiro atoms. The molecule has 0 saturated carbocycles. The Bertz CT molecular complexity index is 740. The minimum atomic E-state index is -3.49. The van der Waals surface area contributed by atoms with Gasteiger partial charge in [0.2, 0.25) is 10.0 Å². The second kappa shape index (κ2) is 8.61. The van der Waals surface area contributed by atoms with Crippen LogP contribution in [0.1, 0.15) is 37.3 Å². The predicted molar refractivity (Wildman–Crippen MR) is 101 cm³/mol. The summed E-state index contributed by atoms with van der Waals surface area (Å²) in [4.78, 5) is 2.74. The summed E-state index contributed by atoms with van der Waals surface area (Å²) in [6.07, 6.45) is 4.87. The lowest BCUT2D eigenvalue weighted by molar-refractivity contribution is 0.206. The maximum Gasteiger partial charge on any atom is 0.240 e. The lowest BCUT2D eigenvalue weighted by Crippen LogP contribution is -2.38. The number of hydrogen-bond acceptors (Lipinski definition) is 3. The molecule has 5 heteroatoms. The van der Waals surface area contributed by atoms with Crippen molar-refractivity contribution in [3.05, 3.63) is 66.2 Å². The summed E-state index contributed by atoms with van der Waals surface area (Å²) in [7, 11) is -3.49. The van der Waals surface area contributed by atoms with Gasteiger partial charge in [0.05, 0.1) is 4.90 Å². The van der Waals surface area contributed by atoms with Crippen molar-refractivity contribution in [3.8, 4) is 0 Å². The van der Waals surface area contributed by atoms with Gasteiger partial charge in [-0.2, -0.15) is 0 Å². The molecule has 1 atom stereocenters. The summed E-state index contributed by atoms with van der Waals surface area (Å²) >= 11 is 0. The van der Waals surface area contributed by atoms with Crippen LogP contribution in [-0.4, -0.2) is 33.0 Å². The van der Waals surface area contributed by atoms with E-state index in [1.165, 1.54) is 31.2 Å². The fourth-order valence-electron chi connectivity index (χ4n) is 3.41. The lowest BCUT2D eigenvalue weighted by Gasteiger charge is -2.31. The van der Waals surface area contributed by atoms with Gasteiger partial charge in [-0.05, 0) is 43.6 Å². The molecule has 4 nitrogen and oxygen atoms in total. The van der Waals surface area contributed by atoms with Crippen LogP contribution in [0.15, 0.2) is 65.6 Å². The van der Waals surface area contributed by atoms with Gasteiger partial charge in [0, 0.05) is 12.6 Å². The maximum atomic E-state index is 12.6. The fraction of sp³-hybridized carbons (Fsp3) is 0.400. The average Bonchev–Trinajstić information content (AvgIpc) is 2.93. The molecule has 134 valence electrons. The smallest absolute Gasteiger partial charge is 0.240 e. The highest BCUT2D eigenvalue weighted by atomic mass is 32.2. The minimum Gasteiger partial charge on any atom is -0.295 e. The Balaban J connectivity index is 1.78. The summed E-state index contributed by atoms with van der Waals surface area (Å²) < 4.78 is 28.0. The van der Waals surface area contributed by atoms with Crippen molar-refractivity contribution < 1.29 is 8.42 Å². The van der Waals surface area contributed by atoms with Gasteiger partial charge in [-0.15, -0.1) is 0 Å². The number of sulfonamides is 1. The molecule has 0 bridgehead atoms. The van der Waals surface area contributed by atoms with E-state index < -0.39 is 10.0 Å². The van der Waals surface area contributed by atoms with E-state index >= 15 is 0 Å². The van der Waals surface area contributed by atoms with Gasteiger partial charge >= 0.3 is 0 Å². The zero-order chi connectivity index (χ0) is 17.5. The first-order valence-electron chi connectivity index (χ1n) is 9.00. The SMILES string of the molecule is O=S(=O)(NCC(c1ccccc1)N1CCCCCC1)c1ccccc1. The Morgan fingerprint density at radius 1 is 0.840 bits per heavy atom.